The van der Waals surface area contributed by atoms with Crippen molar-refractivity contribution in [1.29, 1.82) is 0 Å². The highest BCUT2D eigenvalue weighted by atomic mass is 19.4. The van der Waals surface area contributed by atoms with E-state index < -0.39 is 69.7 Å². The normalized spacial score (nSPS) is 18.1. The van der Waals surface area contributed by atoms with Crippen molar-refractivity contribution in [1.82, 2.24) is 24.8 Å². The number of hydrogen-bond acceptors (Lipinski definition) is 5. The number of anilines is 1. The van der Waals surface area contributed by atoms with Crippen LogP contribution in [0.3, 0.4) is 0 Å². The standard InChI is InChI=1S/C23H22F6N6O2/c1-10(2)5-17(36)34-7-14(25)15(8-34)33-22(37)18-13(24)4-3-11(19(18)26)16-6-12(23(27,28)29)20-21(30)31-9-32-35(16)20/h3-4,6,9-10,14-15H,5,7-8H2,1-2H3,(H,33,37)(H2,30,31,32)/t14-,15+/m0/s1. The van der Waals surface area contributed by atoms with Gasteiger partial charge in [0.05, 0.1) is 23.8 Å². The number of nitrogens with two attached hydrogens (primary N) is 1. The third-order valence-electron chi connectivity index (χ3n) is 5.98. The smallest absolute Gasteiger partial charge is 0.382 e. The van der Waals surface area contributed by atoms with Crippen molar-refractivity contribution >= 4 is 23.1 Å². The molecule has 1 aliphatic rings. The molecule has 3 heterocycles. The average Bonchev–Trinajstić information content (AvgIpc) is 3.35. The first kappa shape index (κ1) is 26.2. The minimum Gasteiger partial charge on any atom is -0.382 e. The van der Waals surface area contributed by atoms with E-state index in [1.165, 1.54) is 4.90 Å². The number of nitrogen functional groups attached to an aromatic ring is 1. The molecule has 2 amide bonds. The van der Waals surface area contributed by atoms with Crippen LogP contribution in [0.5, 0.6) is 0 Å². The molecule has 8 nitrogen and oxygen atoms in total. The Labute approximate surface area is 206 Å². The molecule has 14 heteroatoms. The molecule has 3 aromatic rings. The Bertz CT molecular complexity index is 1370. The van der Waals surface area contributed by atoms with Gasteiger partial charge >= 0.3 is 6.18 Å². The van der Waals surface area contributed by atoms with Crippen molar-refractivity contribution < 1.29 is 35.9 Å². The Morgan fingerprint density at radius 3 is 2.57 bits per heavy atom. The molecular formula is C23H22F6N6O2. The zero-order valence-electron chi connectivity index (χ0n) is 19.6. The Balaban J connectivity index is 1.69. The lowest BCUT2D eigenvalue weighted by molar-refractivity contribution is -0.136. The van der Waals surface area contributed by atoms with E-state index in [2.05, 4.69) is 15.4 Å². The van der Waals surface area contributed by atoms with Crippen LogP contribution in [-0.4, -0.2) is 56.6 Å². The van der Waals surface area contributed by atoms with Gasteiger partial charge in [0.1, 0.15) is 35.2 Å². The van der Waals surface area contributed by atoms with Crippen molar-refractivity contribution in [2.45, 2.75) is 38.7 Å². The highest BCUT2D eigenvalue weighted by Gasteiger charge is 2.39. The Morgan fingerprint density at radius 2 is 1.92 bits per heavy atom. The largest absolute Gasteiger partial charge is 0.418 e. The van der Waals surface area contributed by atoms with Crippen LogP contribution in [0.1, 0.15) is 36.2 Å². The summed E-state index contributed by atoms with van der Waals surface area (Å²) in [5, 5.41) is 5.91. The number of amides is 2. The van der Waals surface area contributed by atoms with E-state index in [-0.39, 0.29) is 31.3 Å². The van der Waals surface area contributed by atoms with Crippen molar-refractivity contribution in [3.63, 3.8) is 0 Å². The summed E-state index contributed by atoms with van der Waals surface area (Å²) < 4.78 is 86.2. The molecule has 37 heavy (non-hydrogen) atoms. The summed E-state index contributed by atoms with van der Waals surface area (Å²) >= 11 is 0. The number of carbonyl (C=O) groups is 2. The fraction of sp³-hybridized carbons (Fsp3) is 0.391. The molecule has 1 aliphatic heterocycles. The number of nitrogens with one attached hydrogen (secondary N) is 1. The molecule has 0 aliphatic carbocycles. The second kappa shape index (κ2) is 9.56. The molecule has 3 N–H and O–H groups in total. The van der Waals surface area contributed by atoms with Gasteiger partial charge in [0, 0.05) is 18.5 Å². The molecule has 2 atom stereocenters. The van der Waals surface area contributed by atoms with Gasteiger partial charge in [-0.3, -0.25) is 9.59 Å². The van der Waals surface area contributed by atoms with Crippen LogP contribution in [0.25, 0.3) is 16.8 Å². The van der Waals surface area contributed by atoms with Gasteiger partial charge in [0.2, 0.25) is 5.91 Å². The summed E-state index contributed by atoms with van der Waals surface area (Å²) in [6.45, 7) is 3.13. The van der Waals surface area contributed by atoms with Crippen molar-refractivity contribution in [2.75, 3.05) is 18.8 Å². The third kappa shape index (κ3) is 4.91. The monoisotopic (exact) mass is 528 g/mol. The number of alkyl halides is 4. The molecule has 0 spiro atoms. The zero-order chi connectivity index (χ0) is 27.2. The summed E-state index contributed by atoms with van der Waals surface area (Å²) in [7, 11) is 0. The minimum atomic E-state index is -4.91. The maximum Gasteiger partial charge on any atom is 0.418 e. The fourth-order valence-electron chi connectivity index (χ4n) is 4.26. The lowest BCUT2D eigenvalue weighted by Crippen LogP contribution is -2.42. The highest BCUT2D eigenvalue weighted by Crippen LogP contribution is 2.39. The van der Waals surface area contributed by atoms with Crippen LogP contribution >= 0.6 is 0 Å². The van der Waals surface area contributed by atoms with Gasteiger partial charge in [-0.1, -0.05) is 13.8 Å². The van der Waals surface area contributed by atoms with E-state index in [9.17, 15) is 31.5 Å². The minimum absolute atomic E-state index is 0.0220. The summed E-state index contributed by atoms with van der Waals surface area (Å²) in [6, 6.07) is 0.876. The number of nitrogens with zero attached hydrogens (tertiary/aromatic N) is 4. The number of likely N-dealkylation sites (tertiary alicyclic amines) is 1. The summed E-state index contributed by atoms with van der Waals surface area (Å²) in [5.41, 5.74) is 1.54. The number of hydrogen-bond donors (Lipinski definition) is 2. The van der Waals surface area contributed by atoms with Crippen molar-refractivity contribution in [3.8, 4) is 11.3 Å². The van der Waals surface area contributed by atoms with Gasteiger partial charge in [0.15, 0.2) is 5.82 Å². The Kier molecular flexibility index (Phi) is 6.78. The van der Waals surface area contributed by atoms with Crippen LogP contribution in [0.15, 0.2) is 24.5 Å². The fourth-order valence-corrected chi connectivity index (χ4v) is 4.26. The van der Waals surface area contributed by atoms with Crippen LogP contribution < -0.4 is 11.1 Å². The number of carbonyl (C=O) groups excluding carboxylic acids is 2. The van der Waals surface area contributed by atoms with Crippen molar-refractivity contribution in [3.05, 3.63) is 47.3 Å². The molecule has 0 unspecified atom stereocenters. The Hall–Kier alpha value is -3.84. The third-order valence-corrected chi connectivity index (χ3v) is 5.98. The summed E-state index contributed by atoms with van der Waals surface area (Å²) in [6.07, 6.45) is -5.57. The molecule has 4 rings (SSSR count). The molecule has 198 valence electrons. The van der Waals surface area contributed by atoms with Crippen LogP contribution in [-0.2, 0) is 11.0 Å². The maximum atomic E-state index is 15.5. The molecular weight excluding hydrogens is 506 g/mol. The van der Waals surface area contributed by atoms with Crippen LogP contribution in [0.2, 0.25) is 0 Å². The molecule has 0 saturated carbocycles. The van der Waals surface area contributed by atoms with Crippen LogP contribution in [0.4, 0.5) is 32.2 Å². The average molecular weight is 528 g/mol. The van der Waals surface area contributed by atoms with Gasteiger partial charge in [-0.25, -0.2) is 22.7 Å². The van der Waals surface area contributed by atoms with Gasteiger partial charge in [-0.05, 0) is 24.1 Å². The van der Waals surface area contributed by atoms with E-state index in [1.807, 2.05) is 13.8 Å². The number of rotatable bonds is 5. The van der Waals surface area contributed by atoms with E-state index in [1.54, 1.807) is 0 Å². The highest BCUT2D eigenvalue weighted by molar-refractivity contribution is 5.96. The van der Waals surface area contributed by atoms with Gasteiger partial charge in [-0.2, -0.15) is 18.3 Å². The van der Waals surface area contributed by atoms with Crippen LogP contribution in [0, 0.1) is 17.6 Å². The van der Waals surface area contributed by atoms with Gasteiger partial charge in [-0.15, -0.1) is 0 Å². The van der Waals surface area contributed by atoms with E-state index in [0.717, 1.165) is 12.4 Å². The van der Waals surface area contributed by atoms with Gasteiger partial charge in [0.25, 0.3) is 5.91 Å². The van der Waals surface area contributed by atoms with E-state index in [0.29, 0.717) is 16.6 Å². The predicted octanol–water partition coefficient (Wildman–Crippen LogP) is 3.60. The molecule has 0 bridgehead atoms. The first-order chi connectivity index (χ1) is 17.3. The summed E-state index contributed by atoms with van der Waals surface area (Å²) in [5.74, 6) is -4.95. The topological polar surface area (TPSA) is 106 Å². The Morgan fingerprint density at radius 1 is 1.22 bits per heavy atom. The van der Waals surface area contributed by atoms with Crippen molar-refractivity contribution in [2.24, 2.45) is 5.92 Å². The SMILES string of the molecule is CC(C)CC(=O)N1C[C@H](F)[C@H](NC(=O)c2c(F)ccc(-c3cc(C(F)(F)F)c4c(N)ncnn34)c2F)C1. The molecule has 0 radical (unpaired) electrons. The zero-order valence-corrected chi connectivity index (χ0v) is 19.6. The van der Waals surface area contributed by atoms with Gasteiger partial charge < -0.3 is 16.0 Å². The lowest BCUT2D eigenvalue weighted by Gasteiger charge is -2.18. The predicted molar refractivity (Wildman–Crippen MR) is 120 cm³/mol. The number of aromatic nitrogens is 3. The number of halogens is 6. The first-order valence-corrected chi connectivity index (χ1v) is 11.2. The number of fused-ring (bicyclic) bond motifs is 1. The molecule has 1 fully saturated rings. The number of benzene rings is 1. The molecule has 1 aromatic carbocycles. The molecule has 2 aromatic heterocycles. The maximum absolute atomic E-state index is 15.5. The van der Waals surface area contributed by atoms with E-state index >= 15 is 4.39 Å². The summed E-state index contributed by atoms with van der Waals surface area (Å²) in [4.78, 5) is 29.8. The second-order valence-electron chi connectivity index (χ2n) is 9.12. The van der Waals surface area contributed by atoms with E-state index in [4.69, 9.17) is 5.73 Å². The lowest BCUT2D eigenvalue weighted by atomic mass is 10.0. The molecule has 1 saturated heterocycles. The second-order valence-corrected chi connectivity index (χ2v) is 9.12. The quantitative estimate of drug-likeness (QED) is 0.493. The first-order valence-electron chi connectivity index (χ1n) is 11.2.